The monoisotopic (exact) mass is 270 g/mol. The lowest BCUT2D eigenvalue weighted by Crippen LogP contribution is -2.56. The minimum Gasteiger partial charge on any atom is -0.392 e. The van der Waals surface area contributed by atoms with Crippen molar-refractivity contribution in [1.82, 2.24) is 5.32 Å². The average molecular weight is 270 g/mol. The lowest BCUT2D eigenvalue weighted by atomic mass is 9.62. The number of carbonyl (C=O) groups excluding carboxylic acids is 1. The number of hydrogen-bond donors (Lipinski definition) is 2. The summed E-state index contributed by atoms with van der Waals surface area (Å²) in [5.41, 5.74) is 5.19. The van der Waals surface area contributed by atoms with Crippen molar-refractivity contribution in [2.45, 2.75) is 52.9 Å². The maximum absolute atomic E-state index is 12.2. The minimum atomic E-state index is -0.549. The standard InChI is InChI=1S/C14H26N2OS/c1-10(2)6-4-5-7-16-13(17)14(12(15)18)8-11(3)9-14/h10-11H,4-9H2,1-3H3,(H2,15,18)(H,16,17). The molecule has 1 rings (SSSR count). The Morgan fingerprint density at radius 1 is 1.44 bits per heavy atom. The fourth-order valence-corrected chi connectivity index (χ4v) is 2.94. The third-order valence-electron chi connectivity index (χ3n) is 3.79. The molecule has 0 unspecified atom stereocenters. The maximum atomic E-state index is 12.2. The van der Waals surface area contributed by atoms with Crippen LogP contribution in [0.25, 0.3) is 0 Å². The van der Waals surface area contributed by atoms with Crippen LogP contribution in [-0.4, -0.2) is 17.4 Å². The van der Waals surface area contributed by atoms with E-state index in [-0.39, 0.29) is 5.91 Å². The summed E-state index contributed by atoms with van der Waals surface area (Å²) in [6.45, 7) is 7.31. The van der Waals surface area contributed by atoms with Crippen LogP contribution >= 0.6 is 12.2 Å². The summed E-state index contributed by atoms with van der Waals surface area (Å²) in [6.07, 6.45) is 5.02. The molecule has 0 bridgehead atoms. The van der Waals surface area contributed by atoms with Crippen molar-refractivity contribution in [1.29, 1.82) is 0 Å². The number of nitrogens with two attached hydrogens (primary N) is 1. The summed E-state index contributed by atoms with van der Waals surface area (Å²) < 4.78 is 0. The highest BCUT2D eigenvalue weighted by Gasteiger charge is 2.50. The molecule has 0 atom stereocenters. The van der Waals surface area contributed by atoms with Gasteiger partial charge in [0.25, 0.3) is 0 Å². The molecule has 1 amide bonds. The number of rotatable bonds is 7. The molecule has 18 heavy (non-hydrogen) atoms. The third-order valence-corrected chi connectivity index (χ3v) is 4.18. The van der Waals surface area contributed by atoms with Crippen molar-refractivity contribution < 1.29 is 4.79 Å². The van der Waals surface area contributed by atoms with E-state index in [1.54, 1.807) is 0 Å². The van der Waals surface area contributed by atoms with Gasteiger partial charge >= 0.3 is 0 Å². The van der Waals surface area contributed by atoms with Crippen molar-refractivity contribution in [2.24, 2.45) is 23.0 Å². The van der Waals surface area contributed by atoms with Crippen LogP contribution < -0.4 is 11.1 Å². The van der Waals surface area contributed by atoms with Crippen molar-refractivity contribution >= 4 is 23.1 Å². The van der Waals surface area contributed by atoms with Crippen LogP contribution in [0.15, 0.2) is 0 Å². The second kappa shape index (κ2) is 6.50. The van der Waals surface area contributed by atoms with E-state index in [4.69, 9.17) is 18.0 Å². The largest absolute Gasteiger partial charge is 0.392 e. The SMILES string of the molecule is CC(C)CCCCNC(=O)C1(C(N)=S)CC(C)C1. The molecule has 0 radical (unpaired) electrons. The van der Waals surface area contributed by atoms with Gasteiger partial charge in [-0.15, -0.1) is 0 Å². The molecule has 0 heterocycles. The van der Waals surface area contributed by atoms with Crippen molar-refractivity contribution in [3.05, 3.63) is 0 Å². The highest BCUT2D eigenvalue weighted by Crippen LogP contribution is 2.45. The van der Waals surface area contributed by atoms with Crippen LogP contribution in [0, 0.1) is 17.3 Å². The molecule has 0 aromatic rings. The van der Waals surface area contributed by atoms with Gasteiger partial charge in [-0.1, -0.05) is 45.8 Å². The average Bonchev–Trinajstić information content (AvgIpc) is 2.22. The highest BCUT2D eigenvalue weighted by molar-refractivity contribution is 7.80. The van der Waals surface area contributed by atoms with Gasteiger partial charge in [-0.3, -0.25) is 4.79 Å². The Balaban J connectivity index is 2.29. The van der Waals surface area contributed by atoms with Gasteiger partial charge in [0.2, 0.25) is 5.91 Å². The van der Waals surface area contributed by atoms with Gasteiger partial charge in [0, 0.05) is 6.54 Å². The predicted octanol–water partition coefficient (Wildman–Crippen LogP) is 2.63. The molecule has 4 heteroatoms. The number of carbonyl (C=O) groups is 1. The zero-order chi connectivity index (χ0) is 13.8. The Hall–Kier alpha value is -0.640. The summed E-state index contributed by atoms with van der Waals surface area (Å²) in [4.78, 5) is 12.5. The van der Waals surface area contributed by atoms with Crippen LogP contribution in [0.5, 0.6) is 0 Å². The molecule has 0 aromatic heterocycles. The van der Waals surface area contributed by atoms with E-state index in [1.807, 2.05) is 0 Å². The quantitative estimate of drug-likeness (QED) is 0.552. The Kier molecular flexibility index (Phi) is 5.57. The van der Waals surface area contributed by atoms with E-state index in [1.165, 1.54) is 6.42 Å². The number of nitrogens with one attached hydrogen (secondary N) is 1. The second-order valence-corrected chi connectivity index (χ2v) is 6.55. The van der Waals surface area contributed by atoms with Crippen molar-refractivity contribution in [2.75, 3.05) is 6.54 Å². The van der Waals surface area contributed by atoms with Gasteiger partial charge in [-0.2, -0.15) is 0 Å². The molecular weight excluding hydrogens is 244 g/mol. The van der Waals surface area contributed by atoms with E-state index in [0.29, 0.717) is 10.9 Å². The second-order valence-electron chi connectivity index (χ2n) is 6.11. The first kappa shape index (κ1) is 15.4. The van der Waals surface area contributed by atoms with Crippen molar-refractivity contribution in [3.63, 3.8) is 0 Å². The predicted molar refractivity (Wildman–Crippen MR) is 79.3 cm³/mol. The molecule has 0 aliphatic heterocycles. The molecule has 0 saturated heterocycles. The fraction of sp³-hybridized carbons (Fsp3) is 0.857. The van der Waals surface area contributed by atoms with E-state index in [0.717, 1.165) is 38.1 Å². The number of unbranched alkanes of at least 4 members (excludes halogenated alkanes) is 1. The summed E-state index contributed by atoms with van der Waals surface area (Å²) in [5, 5.41) is 2.99. The summed E-state index contributed by atoms with van der Waals surface area (Å²) >= 11 is 5.06. The topological polar surface area (TPSA) is 55.1 Å². The lowest BCUT2D eigenvalue weighted by Gasteiger charge is -2.44. The molecule has 3 N–H and O–H groups in total. The van der Waals surface area contributed by atoms with Crippen LogP contribution in [0.1, 0.15) is 52.9 Å². The Labute approximate surface area is 116 Å². The first-order valence-electron chi connectivity index (χ1n) is 6.96. The van der Waals surface area contributed by atoms with E-state index in [2.05, 4.69) is 26.1 Å². The van der Waals surface area contributed by atoms with Gasteiger partial charge < -0.3 is 11.1 Å². The molecule has 104 valence electrons. The fourth-order valence-electron chi connectivity index (χ4n) is 2.68. The number of thiocarbonyl (C=S) groups is 1. The molecule has 1 fully saturated rings. The Bertz CT molecular complexity index is 309. The molecular formula is C14H26N2OS. The molecule has 1 saturated carbocycles. The van der Waals surface area contributed by atoms with E-state index in [9.17, 15) is 4.79 Å². The molecule has 1 aliphatic rings. The molecule has 3 nitrogen and oxygen atoms in total. The highest BCUT2D eigenvalue weighted by atomic mass is 32.1. The normalized spacial score (nSPS) is 26.8. The minimum absolute atomic E-state index is 0.0395. The van der Waals surface area contributed by atoms with Gasteiger partial charge in [0.1, 0.15) is 0 Å². The zero-order valence-electron chi connectivity index (χ0n) is 11.8. The summed E-state index contributed by atoms with van der Waals surface area (Å²) in [6, 6.07) is 0. The maximum Gasteiger partial charge on any atom is 0.233 e. The Morgan fingerprint density at radius 2 is 2.06 bits per heavy atom. The van der Waals surface area contributed by atoms with Gasteiger partial charge in [-0.25, -0.2) is 0 Å². The summed E-state index contributed by atoms with van der Waals surface area (Å²) in [7, 11) is 0. The molecule has 0 aromatic carbocycles. The van der Waals surface area contributed by atoms with Gasteiger partial charge in [0.05, 0.1) is 10.4 Å². The lowest BCUT2D eigenvalue weighted by molar-refractivity contribution is -0.132. The third kappa shape index (κ3) is 3.67. The van der Waals surface area contributed by atoms with E-state index < -0.39 is 5.41 Å². The van der Waals surface area contributed by atoms with Gasteiger partial charge in [0.15, 0.2) is 0 Å². The van der Waals surface area contributed by atoms with Crippen LogP contribution in [0.3, 0.4) is 0 Å². The summed E-state index contributed by atoms with van der Waals surface area (Å²) in [5.74, 6) is 1.33. The smallest absolute Gasteiger partial charge is 0.233 e. The van der Waals surface area contributed by atoms with Crippen LogP contribution in [-0.2, 0) is 4.79 Å². The van der Waals surface area contributed by atoms with Crippen LogP contribution in [0.2, 0.25) is 0 Å². The van der Waals surface area contributed by atoms with Crippen molar-refractivity contribution in [3.8, 4) is 0 Å². The first-order valence-corrected chi connectivity index (χ1v) is 7.37. The van der Waals surface area contributed by atoms with Gasteiger partial charge in [-0.05, 0) is 31.1 Å². The number of hydrogen-bond acceptors (Lipinski definition) is 2. The van der Waals surface area contributed by atoms with E-state index >= 15 is 0 Å². The first-order chi connectivity index (χ1) is 8.38. The zero-order valence-corrected chi connectivity index (χ0v) is 12.6. The Morgan fingerprint density at radius 3 is 2.50 bits per heavy atom. The van der Waals surface area contributed by atoms with Crippen LogP contribution in [0.4, 0.5) is 0 Å². The molecule has 1 aliphatic carbocycles. The number of amides is 1. The molecule has 0 spiro atoms.